The lowest BCUT2D eigenvalue weighted by Crippen LogP contribution is -2.42. The van der Waals surface area contributed by atoms with Crippen molar-refractivity contribution >= 4 is 17.5 Å². The van der Waals surface area contributed by atoms with E-state index in [9.17, 15) is 9.59 Å². The summed E-state index contributed by atoms with van der Waals surface area (Å²) in [4.78, 5) is 26.4. The van der Waals surface area contributed by atoms with Gasteiger partial charge in [-0.3, -0.25) is 9.59 Å². The number of ether oxygens (including phenoxy) is 2. The minimum atomic E-state index is -0.762. The number of hydrogen-bond donors (Lipinski definition) is 1. The number of benzene rings is 2. The predicted octanol–water partition coefficient (Wildman–Crippen LogP) is 2.10. The van der Waals surface area contributed by atoms with Gasteiger partial charge in [0.25, 0.3) is 0 Å². The van der Waals surface area contributed by atoms with Gasteiger partial charge >= 0.3 is 11.8 Å². The highest BCUT2D eigenvalue weighted by Crippen LogP contribution is 2.33. The van der Waals surface area contributed by atoms with Gasteiger partial charge in [0.2, 0.25) is 0 Å². The molecule has 1 aliphatic heterocycles. The molecular formula is C20H19N3O4. The first-order valence-electron chi connectivity index (χ1n) is 8.40. The summed E-state index contributed by atoms with van der Waals surface area (Å²) >= 11 is 0. The number of amides is 2. The molecule has 0 atom stereocenters. The van der Waals surface area contributed by atoms with Gasteiger partial charge in [-0.05, 0) is 41.8 Å². The molecule has 0 bridgehead atoms. The summed E-state index contributed by atoms with van der Waals surface area (Å²) in [5.41, 5.74) is 2.60. The maximum atomic E-state index is 12.6. The van der Waals surface area contributed by atoms with Crippen molar-refractivity contribution in [3.8, 4) is 17.6 Å². The molecule has 0 spiro atoms. The average molecular weight is 365 g/mol. The largest absolute Gasteiger partial charge is 0.493 e. The Morgan fingerprint density at radius 1 is 1.11 bits per heavy atom. The number of para-hydroxylation sites is 1. The van der Waals surface area contributed by atoms with Crippen LogP contribution in [-0.2, 0) is 22.6 Å². The second-order valence-electron chi connectivity index (χ2n) is 6.06. The second-order valence-corrected chi connectivity index (χ2v) is 6.06. The molecule has 0 unspecified atom stereocenters. The van der Waals surface area contributed by atoms with Crippen LogP contribution in [0.5, 0.6) is 11.5 Å². The maximum Gasteiger partial charge on any atom is 0.313 e. The van der Waals surface area contributed by atoms with Crippen molar-refractivity contribution in [2.75, 3.05) is 26.1 Å². The first-order chi connectivity index (χ1) is 13.1. The maximum absolute atomic E-state index is 12.6. The molecule has 1 N–H and O–H groups in total. The van der Waals surface area contributed by atoms with Crippen molar-refractivity contribution in [3.05, 3.63) is 53.1 Å². The van der Waals surface area contributed by atoms with Crippen LogP contribution in [0.3, 0.4) is 0 Å². The van der Waals surface area contributed by atoms with Crippen LogP contribution in [0.15, 0.2) is 36.4 Å². The number of anilines is 1. The zero-order chi connectivity index (χ0) is 19.4. The highest BCUT2D eigenvalue weighted by atomic mass is 16.5. The summed E-state index contributed by atoms with van der Waals surface area (Å²) in [5, 5.41) is 11.6. The van der Waals surface area contributed by atoms with E-state index in [-0.39, 0.29) is 0 Å². The molecule has 7 nitrogen and oxygen atoms in total. The average Bonchev–Trinajstić information content (AvgIpc) is 2.71. The quantitative estimate of drug-likeness (QED) is 0.841. The summed E-state index contributed by atoms with van der Waals surface area (Å²) in [7, 11) is 3.13. The molecule has 2 amide bonds. The van der Waals surface area contributed by atoms with E-state index in [0.717, 1.165) is 11.1 Å². The smallest absolute Gasteiger partial charge is 0.313 e. The number of nitriles is 1. The summed E-state index contributed by atoms with van der Waals surface area (Å²) < 4.78 is 10.6. The van der Waals surface area contributed by atoms with Gasteiger partial charge in [-0.15, -0.1) is 0 Å². The van der Waals surface area contributed by atoms with Gasteiger partial charge in [0.15, 0.2) is 11.5 Å². The van der Waals surface area contributed by atoms with Crippen molar-refractivity contribution in [1.82, 2.24) is 4.90 Å². The van der Waals surface area contributed by atoms with Gasteiger partial charge in [-0.1, -0.05) is 12.1 Å². The standard InChI is InChI=1S/C20H19N3O4/c1-26-17-9-13-7-8-23(12-15(13)10-18(17)27-2)20(25)19(24)22-16-6-4-3-5-14(16)11-21/h3-6,9-10H,7-8,12H2,1-2H3,(H,22,24). The Balaban J connectivity index is 1.75. The number of methoxy groups -OCH3 is 2. The van der Waals surface area contributed by atoms with Gasteiger partial charge in [0.1, 0.15) is 6.07 Å². The SMILES string of the molecule is COc1cc2c(cc1OC)CN(C(=O)C(=O)Nc1ccccc1C#N)CC2. The number of carbonyl (C=O) groups is 2. The van der Waals surface area contributed by atoms with E-state index in [1.807, 2.05) is 18.2 Å². The number of rotatable bonds is 3. The second kappa shape index (κ2) is 7.79. The minimum absolute atomic E-state index is 0.305. The Bertz CT molecular complexity index is 933. The van der Waals surface area contributed by atoms with E-state index in [0.29, 0.717) is 42.3 Å². The number of nitrogens with zero attached hydrogens (tertiary/aromatic N) is 2. The van der Waals surface area contributed by atoms with Crippen molar-refractivity contribution in [1.29, 1.82) is 5.26 Å². The highest BCUT2D eigenvalue weighted by molar-refractivity contribution is 6.39. The van der Waals surface area contributed by atoms with Gasteiger partial charge in [-0.2, -0.15) is 5.26 Å². The van der Waals surface area contributed by atoms with Crippen molar-refractivity contribution < 1.29 is 19.1 Å². The summed E-state index contributed by atoms with van der Waals surface area (Å²) in [6.07, 6.45) is 0.615. The van der Waals surface area contributed by atoms with Crippen LogP contribution in [0, 0.1) is 11.3 Å². The predicted molar refractivity (Wildman–Crippen MR) is 98.5 cm³/mol. The van der Waals surface area contributed by atoms with Gasteiger partial charge < -0.3 is 19.7 Å². The molecule has 27 heavy (non-hydrogen) atoms. The molecule has 1 heterocycles. The first-order valence-corrected chi connectivity index (χ1v) is 8.40. The van der Waals surface area contributed by atoms with Crippen molar-refractivity contribution in [2.45, 2.75) is 13.0 Å². The van der Waals surface area contributed by atoms with Crippen LogP contribution in [0.2, 0.25) is 0 Å². The molecule has 0 saturated carbocycles. The number of fused-ring (bicyclic) bond motifs is 1. The lowest BCUT2D eigenvalue weighted by atomic mass is 9.98. The zero-order valence-corrected chi connectivity index (χ0v) is 15.1. The molecule has 138 valence electrons. The Morgan fingerprint density at radius 3 is 2.44 bits per heavy atom. The summed E-state index contributed by atoms with van der Waals surface area (Å²) in [5.74, 6) is -0.176. The van der Waals surface area contributed by atoms with Crippen LogP contribution in [0.1, 0.15) is 16.7 Å². The monoisotopic (exact) mass is 365 g/mol. The normalized spacial score (nSPS) is 12.6. The topological polar surface area (TPSA) is 91.7 Å². The van der Waals surface area contributed by atoms with Crippen LogP contribution in [-0.4, -0.2) is 37.5 Å². The summed E-state index contributed by atoms with van der Waals surface area (Å²) in [6, 6.07) is 12.3. The van der Waals surface area contributed by atoms with Gasteiger partial charge in [-0.25, -0.2) is 0 Å². The molecule has 2 aromatic rings. The Labute approximate surface area is 157 Å². The third kappa shape index (κ3) is 3.70. The van der Waals surface area contributed by atoms with E-state index < -0.39 is 11.8 Å². The molecule has 0 fully saturated rings. The minimum Gasteiger partial charge on any atom is -0.493 e. The van der Waals surface area contributed by atoms with Gasteiger partial charge in [0.05, 0.1) is 25.5 Å². The van der Waals surface area contributed by atoms with Crippen LogP contribution in [0.25, 0.3) is 0 Å². The first kappa shape index (κ1) is 18.3. The molecule has 0 radical (unpaired) electrons. The zero-order valence-electron chi connectivity index (χ0n) is 15.1. The van der Waals surface area contributed by atoms with Crippen LogP contribution < -0.4 is 14.8 Å². The number of nitrogens with one attached hydrogen (secondary N) is 1. The molecule has 0 aromatic heterocycles. The van der Waals surface area contributed by atoms with E-state index in [4.69, 9.17) is 14.7 Å². The number of carbonyl (C=O) groups excluding carboxylic acids is 2. The molecule has 7 heteroatoms. The molecule has 0 saturated heterocycles. The molecular weight excluding hydrogens is 346 g/mol. The van der Waals surface area contributed by atoms with Crippen molar-refractivity contribution in [2.24, 2.45) is 0 Å². The van der Waals surface area contributed by atoms with Crippen LogP contribution in [0.4, 0.5) is 5.69 Å². The summed E-state index contributed by atoms with van der Waals surface area (Å²) in [6.45, 7) is 0.733. The lowest BCUT2D eigenvalue weighted by Gasteiger charge is -2.29. The third-order valence-corrected chi connectivity index (χ3v) is 4.50. The van der Waals surface area contributed by atoms with Gasteiger partial charge in [0, 0.05) is 13.1 Å². The van der Waals surface area contributed by atoms with E-state index >= 15 is 0 Å². The highest BCUT2D eigenvalue weighted by Gasteiger charge is 2.27. The molecule has 2 aromatic carbocycles. The molecule has 1 aliphatic rings. The fourth-order valence-electron chi connectivity index (χ4n) is 3.07. The third-order valence-electron chi connectivity index (χ3n) is 4.50. The van der Waals surface area contributed by atoms with E-state index in [2.05, 4.69) is 5.32 Å². The van der Waals surface area contributed by atoms with E-state index in [1.54, 1.807) is 38.5 Å². The Hall–Kier alpha value is -3.53. The lowest BCUT2D eigenvalue weighted by molar-refractivity contribution is -0.143. The fourth-order valence-corrected chi connectivity index (χ4v) is 3.07. The fraction of sp³-hybridized carbons (Fsp3) is 0.250. The van der Waals surface area contributed by atoms with Crippen LogP contribution >= 0.6 is 0 Å². The van der Waals surface area contributed by atoms with Crippen molar-refractivity contribution in [3.63, 3.8) is 0 Å². The number of hydrogen-bond acceptors (Lipinski definition) is 5. The Kier molecular flexibility index (Phi) is 5.27. The molecule has 0 aliphatic carbocycles. The van der Waals surface area contributed by atoms with E-state index in [1.165, 1.54) is 4.90 Å². The Morgan fingerprint density at radius 2 is 1.78 bits per heavy atom. The molecule has 3 rings (SSSR count).